The second-order valence-corrected chi connectivity index (χ2v) is 8.12. The van der Waals surface area contributed by atoms with E-state index in [9.17, 15) is 13.2 Å². The van der Waals surface area contributed by atoms with E-state index in [1.807, 2.05) is 0 Å². The molecule has 0 aliphatic rings. The van der Waals surface area contributed by atoms with Gasteiger partial charge in [0.1, 0.15) is 11.5 Å². The average Bonchev–Trinajstić information content (AvgIpc) is 2.79. The van der Waals surface area contributed by atoms with Crippen LogP contribution in [0, 0.1) is 0 Å². The van der Waals surface area contributed by atoms with E-state index in [0.717, 1.165) is 0 Å². The Balaban J connectivity index is 1.77. The Morgan fingerprint density at radius 1 is 0.839 bits per heavy atom. The van der Waals surface area contributed by atoms with Gasteiger partial charge in [0.15, 0.2) is 0 Å². The molecule has 0 unspecified atom stereocenters. The van der Waals surface area contributed by atoms with E-state index in [4.69, 9.17) is 9.47 Å². The highest BCUT2D eigenvalue weighted by Crippen LogP contribution is 2.25. The lowest BCUT2D eigenvalue weighted by molar-refractivity contribution is -0.111. The Kier molecular flexibility index (Phi) is 6.94. The molecule has 0 radical (unpaired) electrons. The summed E-state index contributed by atoms with van der Waals surface area (Å²) in [6, 6.07) is 19.8. The zero-order chi connectivity index (χ0) is 22.3. The zero-order valence-corrected chi connectivity index (χ0v) is 17.8. The number of amides is 1. The summed E-state index contributed by atoms with van der Waals surface area (Å²) in [6.07, 6.45) is 2.95. The fourth-order valence-electron chi connectivity index (χ4n) is 2.76. The number of methoxy groups -OCH3 is 2. The minimum Gasteiger partial charge on any atom is -0.497 e. The van der Waals surface area contributed by atoms with Gasteiger partial charge in [-0.05, 0) is 48.0 Å². The third kappa shape index (κ3) is 5.86. The monoisotopic (exact) mass is 438 g/mol. The van der Waals surface area contributed by atoms with Gasteiger partial charge in [0.05, 0.1) is 30.5 Å². The molecule has 2 N–H and O–H groups in total. The van der Waals surface area contributed by atoms with Crippen molar-refractivity contribution >= 4 is 33.4 Å². The molecule has 0 saturated heterocycles. The van der Waals surface area contributed by atoms with Crippen molar-refractivity contribution in [3.8, 4) is 11.5 Å². The molecule has 3 aromatic rings. The Morgan fingerprint density at radius 3 is 2.03 bits per heavy atom. The molecule has 0 aromatic heterocycles. The van der Waals surface area contributed by atoms with Gasteiger partial charge < -0.3 is 14.8 Å². The lowest BCUT2D eigenvalue weighted by Gasteiger charge is -2.13. The number of carbonyl (C=O) groups is 1. The summed E-state index contributed by atoms with van der Waals surface area (Å²) in [5.74, 6) is 0.772. The first-order valence-electron chi connectivity index (χ1n) is 9.30. The second-order valence-electron chi connectivity index (χ2n) is 6.43. The van der Waals surface area contributed by atoms with Crippen molar-refractivity contribution in [3.05, 3.63) is 84.4 Å². The molecule has 0 heterocycles. The minimum atomic E-state index is -3.79. The predicted octanol–water partition coefficient (Wildman–Crippen LogP) is 4.16. The van der Waals surface area contributed by atoms with Gasteiger partial charge in [-0.25, -0.2) is 8.42 Å². The van der Waals surface area contributed by atoms with E-state index in [-0.39, 0.29) is 10.6 Å². The van der Waals surface area contributed by atoms with E-state index in [0.29, 0.717) is 22.7 Å². The third-order valence-electron chi connectivity index (χ3n) is 4.28. The summed E-state index contributed by atoms with van der Waals surface area (Å²) in [6.45, 7) is 0. The first-order chi connectivity index (χ1) is 14.9. The fraction of sp³-hybridized carbons (Fsp3) is 0.0870. The van der Waals surface area contributed by atoms with Crippen LogP contribution in [0.25, 0.3) is 6.08 Å². The normalized spacial score (nSPS) is 11.2. The van der Waals surface area contributed by atoms with Crippen molar-refractivity contribution in [3.63, 3.8) is 0 Å². The molecule has 0 aliphatic heterocycles. The maximum Gasteiger partial charge on any atom is 0.261 e. The largest absolute Gasteiger partial charge is 0.497 e. The van der Waals surface area contributed by atoms with E-state index < -0.39 is 15.9 Å². The van der Waals surface area contributed by atoms with Crippen LogP contribution < -0.4 is 19.5 Å². The van der Waals surface area contributed by atoms with Gasteiger partial charge in [-0.1, -0.05) is 30.3 Å². The molecule has 0 aliphatic carbocycles. The van der Waals surface area contributed by atoms with Crippen LogP contribution in [0.1, 0.15) is 5.56 Å². The van der Waals surface area contributed by atoms with Crippen LogP contribution in [-0.2, 0) is 14.8 Å². The quantitative estimate of drug-likeness (QED) is 0.515. The molecule has 0 spiro atoms. The first kappa shape index (κ1) is 21.9. The Labute approximate surface area is 181 Å². The van der Waals surface area contributed by atoms with E-state index in [2.05, 4.69) is 10.0 Å². The van der Waals surface area contributed by atoms with Crippen molar-refractivity contribution in [2.45, 2.75) is 4.90 Å². The molecule has 0 atom stereocenters. The molecule has 31 heavy (non-hydrogen) atoms. The number of para-hydroxylation sites is 2. The van der Waals surface area contributed by atoms with Crippen LogP contribution in [0.4, 0.5) is 11.4 Å². The summed E-state index contributed by atoms with van der Waals surface area (Å²) in [5.41, 5.74) is 1.31. The Hall–Kier alpha value is -3.78. The van der Waals surface area contributed by atoms with Gasteiger partial charge in [-0.3, -0.25) is 9.52 Å². The molecule has 0 fully saturated rings. The minimum absolute atomic E-state index is 0.128. The molecular formula is C23H22N2O5S. The molecule has 160 valence electrons. The maximum absolute atomic E-state index is 12.6. The van der Waals surface area contributed by atoms with Gasteiger partial charge in [-0.15, -0.1) is 0 Å². The standard InChI is InChI=1S/C23H22N2O5S/c1-29-18-14-17(15-19(16-18)30-2)12-13-23(26)24-21-10-6-7-11-22(21)25-31(27,28)20-8-4-3-5-9-20/h3-16,25H,1-2H3,(H,24,26)/b13-12-. The molecule has 3 aromatic carbocycles. The van der Waals surface area contributed by atoms with Crippen molar-refractivity contribution in [2.24, 2.45) is 0 Å². The molecule has 1 amide bonds. The molecule has 3 rings (SSSR count). The van der Waals surface area contributed by atoms with Gasteiger partial charge in [-0.2, -0.15) is 0 Å². The van der Waals surface area contributed by atoms with Crippen LogP contribution in [0.5, 0.6) is 11.5 Å². The summed E-state index contributed by atoms with van der Waals surface area (Å²) in [5, 5.41) is 2.70. The van der Waals surface area contributed by atoms with E-state index in [1.54, 1.807) is 81.0 Å². The summed E-state index contributed by atoms with van der Waals surface area (Å²) >= 11 is 0. The van der Waals surface area contributed by atoms with Gasteiger partial charge in [0.2, 0.25) is 5.91 Å². The molecule has 0 bridgehead atoms. The topological polar surface area (TPSA) is 93.7 Å². The van der Waals surface area contributed by atoms with Crippen LogP contribution in [0.3, 0.4) is 0 Å². The zero-order valence-electron chi connectivity index (χ0n) is 17.0. The fourth-order valence-corrected chi connectivity index (χ4v) is 3.86. The maximum atomic E-state index is 12.6. The van der Waals surface area contributed by atoms with E-state index >= 15 is 0 Å². The highest BCUT2D eigenvalue weighted by Gasteiger charge is 2.16. The second kappa shape index (κ2) is 9.82. The Morgan fingerprint density at radius 2 is 1.42 bits per heavy atom. The number of ether oxygens (including phenoxy) is 2. The highest BCUT2D eigenvalue weighted by molar-refractivity contribution is 7.92. The number of rotatable bonds is 8. The molecule has 7 nitrogen and oxygen atoms in total. The number of nitrogens with one attached hydrogen (secondary N) is 2. The highest BCUT2D eigenvalue weighted by atomic mass is 32.2. The van der Waals surface area contributed by atoms with Crippen LogP contribution in [-0.4, -0.2) is 28.5 Å². The molecule has 0 saturated carbocycles. The van der Waals surface area contributed by atoms with Crippen molar-refractivity contribution in [1.29, 1.82) is 0 Å². The third-order valence-corrected chi connectivity index (χ3v) is 5.67. The van der Waals surface area contributed by atoms with Crippen molar-refractivity contribution < 1.29 is 22.7 Å². The summed E-state index contributed by atoms with van der Waals surface area (Å²) < 4.78 is 38.2. The van der Waals surface area contributed by atoms with Gasteiger partial charge in [0.25, 0.3) is 10.0 Å². The number of carbonyl (C=O) groups excluding carboxylic acids is 1. The van der Waals surface area contributed by atoms with Gasteiger partial charge >= 0.3 is 0 Å². The number of anilines is 2. The smallest absolute Gasteiger partial charge is 0.261 e. The average molecular weight is 439 g/mol. The summed E-state index contributed by atoms with van der Waals surface area (Å²) in [7, 11) is -0.701. The van der Waals surface area contributed by atoms with Crippen LogP contribution in [0.15, 0.2) is 83.8 Å². The number of hydrogen-bond donors (Lipinski definition) is 2. The Bertz CT molecular complexity index is 1170. The lowest BCUT2D eigenvalue weighted by atomic mass is 10.2. The van der Waals surface area contributed by atoms with Crippen LogP contribution in [0.2, 0.25) is 0 Å². The molecular weight excluding hydrogens is 416 g/mol. The van der Waals surface area contributed by atoms with Crippen molar-refractivity contribution in [1.82, 2.24) is 0 Å². The number of sulfonamides is 1. The van der Waals surface area contributed by atoms with Gasteiger partial charge in [0, 0.05) is 12.1 Å². The molecule has 8 heteroatoms. The summed E-state index contributed by atoms with van der Waals surface area (Å²) in [4.78, 5) is 12.6. The SMILES string of the molecule is COc1cc(/C=C\C(=O)Nc2ccccc2NS(=O)(=O)c2ccccc2)cc(OC)c1. The lowest BCUT2D eigenvalue weighted by Crippen LogP contribution is -2.16. The van der Waals surface area contributed by atoms with Crippen molar-refractivity contribution in [2.75, 3.05) is 24.3 Å². The van der Waals surface area contributed by atoms with Crippen LogP contribution >= 0.6 is 0 Å². The van der Waals surface area contributed by atoms with E-state index in [1.165, 1.54) is 18.2 Å². The predicted molar refractivity (Wildman–Crippen MR) is 121 cm³/mol. The number of hydrogen-bond acceptors (Lipinski definition) is 5. The number of benzene rings is 3. The first-order valence-corrected chi connectivity index (χ1v) is 10.8.